The topological polar surface area (TPSA) is 32.3 Å². The molecule has 0 aliphatic carbocycles. The van der Waals surface area contributed by atoms with Crippen LogP contribution in [0.4, 0.5) is 0 Å². The van der Waals surface area contributed by atoms with Crippen molar-refractivity contribution in [3.63, 3.8) is 0 Å². The van der Waals surface area contributed by atoms with Crippen LogP contribution in [-0.2, 0) is 0 Å². The van der Waals surface area contributed by atoms with Crippen LogP contribution in [0, 0.1) is 6.92 Å². The first kappa shape index (κ1) is 10.4. The summed E-state index contributed by atoms with van der Waals surface area (Å²) >= 11 is 3.34. The van der Waals surface area contributed by atoms with Gasteiger partial charge in [-0.1, -0.05) is 22.9 Å². The lowest BCUT2D eigenvalue weighted by atomic mass is 10.2. The minimum Gasteiger partial charge on any atom is -0.377 e. The summed E-state index contributed by atoms with van der Waals surface area (Å²) in [6.07, 6.45) is 0.286. The van der Waals surface area contributed by atoms with Crippen molar-refractivity contribution < 1.29 is 5.11 Å². The van der Waals surface area contributed by atoms with Crippen molar-refractivity contribution in [2.45, 2.75) is 30.8 Å². The molecular weight excluding hydrogens is 194 g/mol. The number of alkyl halides is 1. The molecule has 0 heterocycles. The van der Waals surface area contributed by atoms with Crippen LogP contribution in [0.5, 0.6) is 0 Å². The van der Waals surface area contributed by atoms with E-state index in [0.717, 1.165) is 13.0 Å². The van der Waals surface area contributed by atoms with E-state index in [2.05, 4.69) is 28.2 Å². The van der Waals surface area contributed by atoms with Gasteiger partial charge in [0.2, 0.25) is 0 Å². The molecular formula is C7H15BrNO. The number of hydrogen-bond donors (Lipinski definition) is 2. The lowest BCUT2D eigenvalue weighted by molar-refractivity contribution is 0.110. The van der Waals surface area contributed by atoms with Crippen molar-refractivity contribution in [2.75, 3.05) is 6.54 Å². The normalized spacial score (nSPS) is 15.3. The molecule has 0 bridgehead atoms. The maximum atomic E-state index is 9.33. The van der Waals surface area contributed by atoms with Crippen LogP contribution in [0.25, 0.3) is 0 Å². The van der Waals surface area contributed by atoms with E-state index in [1.54, 1.807) is 0 Å². The minimum atomic E-state index is -0.505. The fourth-order valence-electron chi connectivity index (χ4n) is 0.481. The molecule has 0 aliphatic heterocycles. The molecule has 1 unspecified atom stereocenters. The molecule has 2 N–H and O–H groups in total. The number of aliphatic hydroxyl groups excluding tert-OH is 1. The van der Waals surface area contributed by atoms with Crippen LogP contribution in [0.1, 0.15) is 20.3 Å². The molecule has 10 heavy (non-hydrogen) atoms. The molecule has 0 saturated heterocycles. The Morgan fingerprint density at radius 3 is 2.50 bits per heavy atom. The first-order valence-electron chi connectivity index (χ1n) is 3.38. The summed E-state index contributed by atoms with van der Waals surface area (Å²) in [4.78, 5) is 0. The Kier molecular flexibility index (Phi) is 4.49. The van der Waals surface area contributed by atoms with Gasteiger partial charge in [0.15, 0.2) is 0 Å². The van der Waals surface area contributed by atoms with Gasteiger partial charge in [0.25, 0.3) is 0 Å². The summed E-state index contributed by atoms with van der Waals surface area (Å²) in [5.41, 5.74) is 0. The van der Waals surface area contributed by atoms with Crippen LogP contribution in [0.15, 0.2) is 0 Å². The molecule has 0 rings (SSSR count). The third-order valence-electron chi connectivity index (χ3n) is 1.16. The summed E-state index contributed by atoms with van der Waals surface area (Å²) in [6, 6.07) is 0. The molecule has 0 aromatic carbocycles. The Hall–Kier alpha value is 0.400. The minimum absolute atomic E-state index is 0.262. The third-order valence-corrected chi connectivity index (χ3v) is 1.60. The standard InChI is InChI=1S/C7H15BrNO/c1-4-5-9-6(10)7(2,3)8/h6,9-10H,1,4-5H2,2-3H3. The van der Waals surface area contributed by atoms with Gasteiger partial charge in [0, 0.05) is 0 Å². The molecule has 1 radical (unpaired) electrons. The fraction of sp³-hybridized carbons (Fsp3) is 0.857. The Morgan fingerprint density at radius 1 is 1.70 bits per heavy atom. The molecule has 0 aromatic rings. The molecule has 0 aromatic heterocycles. The quantitative estimate of drug-likeness (QED) is 0.540. The van der Waals surface area contributed by atoms with Crippen molar-refractivity contribution in [2.24, 2.45) is 0 Å². The van der Waals surface area contributed by atoms with Gasteiger partial charge in [0.1, 0.15) is 6.23 Å². The van der Waals surface area contributed by atoms with Crippen LogP contribution < -0.4 is 5.32 Å². The average molecular weight is 209 g/mol. The van der Waals surface area contributed by atoms with Crippen molar-refractivity contribution in [1.82, 2.24) is 5.32 Å². The molecule has 0 saturated carbocycles. The second-order valence-electron chi connectivity index (χ2n) is 2.77. The Bertz CT molecular complexity index is 90.1. The highest BCUT2D eigenvalue weighted by Gasteiger charge is 2.22. The van der Waals surface area contributed by atoms with E-state index in [1.165, 1.54) is 0 Å². The molecule has 3 heteroatoms. The molecule has 61 valence electrons. The van der Waals surface area contributed by atoms with Gasteiger partial charge in [-0.15, -0.1) is 0 Å². The number of halogens is 1. The predicted molar refractivity (Wildman–Crippen MR) is 47.0 cm³/mol. The van der Waals surface area contributed by atoms with Gasteiger partial charge >= 0.3 is 0 Å². The third kappa shape index (κ3) is 4.25. The molecule has 0 fully saturated rings. The van der Waals surface area contributed by atoms with E-state index < -0.39 is 6.23 Å². The molecule has 0 aliphatic rings. The first-order chi connectivity index (χ1) is 4.48. The van der Waals surface area contributed by atoms with E-state index in [4.69, 9.17) is 0 Å². The van der Waals surface area contributed by atoms with Crippen molar-refractivity contribution in [1.29, 1.82) is 0 Å². The van der Waals surface area contributed by atoms with Crippen LogP contribution in [0.2, 0.25) is 0 Å². The van der Waals surface area contributed by atoms with E-state index >= 15 is 0 Å². The van der Waals surface area contributed by atoms with Gasteiger partial charge in [-0.2, -0.15) is 0 Å². The Labute approximate surface area is 71.1 Å². The van der Waals surface area contributed by atoms with E-state index in [0.29, 0.717) is 0 Å². The first-order valence-corrected chi connectivity index (χ1v) is 4.17. The second kappa shape index (κ2) is 4.31. The second-order valence-corrected chi connectivity index (χ2v) is 4.82. The maximum absolute atomic E-state index is 9.33. The van der Waals surface area contributed by atoms with E-state index in [1.807, 2.05) is 13.8 Å². The summed E-state index contributed by atoms with van der Waals surface area (Å²) in [7, 11) is 0. The molecule has 0 spiro atoms. The molecule has 1 atom stereocenters. The number of aliphatic hydroxyl groups is 1. The number of hydrogen-bond acceptors (Lipinski definition) is 2. The van der Waals surface area contributed by atoms with Crippen LogP contribution >= 0.6 is 15.9 Å². The van der Waals surface area contributed by atoms with Crippen LogP contribution in [-0.4, -0.2) is 22.2 Å². The zero-order valence-corrected chi connectivity index (χ0v) is 8.11. The zero-order valence-electron chi connectivity index (χ0n) is 6.52. The maximum Gasteiger partial charge on any atom is 0.119 e. The lowest BCUT2D eigenvalue weighted by Crippen LogP contribution is -2.42. The summed E-state index contributed by atoms with van der Waals surface area (Å²) in [5.74, 6) is 0. The smallest absolute Gasteiger partial charge is 0.119 e. The van der Waals surface area contributed by atoms with Gasteiger partial charge in [0.05, 0.1) is 4.32 Å². The van der Waals surface area contributed by atoms with Gasteiger partial charge in [-0.05, 0) is 26.8 Å². The van der Waals surface area contributed by atoms with Crippen molar-refractivity contribution in [3.05, 3.63) is 6.92 Å². The van der Waals surface area contributed by atoms with E-state index in [9.17, 15) is 5.11 Å². The highest BCUT2D eigenvalue weighted by molar-refractivity contribution is 9.10. The van der Waals surface area contributed by atoms with Gasteiger partial charge in [-0.3, -0.25) is 5.32 Å². The number of nitrogens with one attached hydrogen (secondary N) is 1. The van der Waals surface area contributed by atoms with Crippen LogP contribution in [0.3, 0.4) is 0 Å². The Morgan fingerprint density at radius 2 is 2.20 bits per heavy atom. The van der Waals surface area contributed by atoms with Crippen molar-refractivity contribution in [3.8, 4) is 0 Å². The largest absolute Gasteiger partial charge is 0.377 e. The SMILES string of the molecule is [CH2]CCNC(O)C(C)(C)Br. The Balaban J connectivity index is 3.52. The summed E-state index contributed by atoms with van der Waals surface area (Å²) < 4.78 is -0.262. The highest BCUT2D eigenvalue weighted by atomic mass is 79.9. The zero-order chi connectivity index (χ0) is 8.20. The molecule has 2 nitrogen and oxygen atoms in total. The van der Waals surface area contributed by atoms with Crippen molar-refractivity contribution >= 4 is 15.9 Å². The monoisotopic (exact) mass is 208 g/mol. The summed E-state index contributed by atoms with van der Waals surface area (Å²) in [5, 5.41) is 12.2. The highest BCUT2D eigenvalue weighted by Crippen LogP contribution is 2.18. The predicted octanol–water partition coefficient (Wildman–Crippen LogP) is 1.29. The lowest BCUT2D eigenvalue weighted by Gasteiger charge is -2.24. The van der Waals surface area contributed by atoms with Gasteiger partial charge in [-0.25, -0.2) is 0 Å². The summed E-state index contributed by atoms with van der Waals surface area (Å²) in [6.45, 7) is 8.22. The van der Waals surface area contributed by atoms with E-state index in [-0.39, 0.29) is 4.32 Å². The number of rotatable bonds is 4. The molecule has 0 amide bonds. The fourth-order valence-corrected chi connectivity index (χ4v) is 0.643. The average Bonchev–Trinajstić information content (AvgIpc) is 1.80. The van der Waals surface area contributed by atoms with Gasteiger partial charge < -0.3 is 5.11 Å².